The van der Waals surface area contributed by atoms with Gasteiger partial charge in [0.1, 0.15) is 0 Å². The molecule has 0 amide bonds. The highest BCUT2D eigenvalue weighted by Crippen LogP contribution is 2.07. The Balaban J connectivity index is 2.39. The van der Waals surface area contributed by atoms with Gasteiger partial charge in [-0.2, -0.15) is 11.8 Å². The molecule has 0 aromatic carbocycles. The lowest BCUT2D eigenvalue weighted by Gasteiger charge is -2.12. The van der Waals surface area contributed by atoms with E-state index in [1.807, 2.05) is 24.2 Å². The summed E-state index contributed by atoms with van der Waals surface area (Å²) in [5.41, 5.74) is 0. The molecule has 1 aromatic heterocycles. The van der Waals surface area contributed by atoms with E-state index in [1.54, 1.807) is 0 Å². The topological polar surface area (TPSA) is 37.8 Å². The number of rotatable bonds is 5. The highest BCUT2D eigenvalue weighted by Gasteiger charge is 2.02. The average molecular weight is 323 g/mol. The predicted octanol–water partition coefficient (Wildman–Crippen LogP) is 2.63. The van der Waals surface area contributed by atoms with Crippen LogP contribution in [-0.2, 0) is 0 Å². The molecule has 0 fully saturated rings. The van der Waals surface area contributed by atoms with Gasteiger partial charge >= 0.3 is 0 Å². The molecule has 1 aromatic rings. The molecule has 1 N–H and O–H groups in total. The molecule has 0 spiro atoms. The number of nitrogens with one attached hydrogen (secondary N) is 1. The Morgan fingerprint density at radius 1 is 1.50 bits per heavy atom. The quantitative estimate of drug-likeness (QED) is 0.846. The van der Waals surface area contributed by atoms with Crippen molar-refractivity contribution in [2.45, 2.75) is 19.4 Å². The van der Waals surface area contributed by atoms with E-state index in [2.05, 4.69) is 51.1 Å². The molecule has 78 valence electrons. The summed E-state index contributed by atoms with van der Waals surface area (Å²) in [6.45, 7) is 2.15. The summed E-state index contributed by atoms with van der Waals surface area (Å²) < 4.78 is 1.06. The van der Waals surface area contributed by atoms with Crippen LogP contribution >= 0.6 is 34.4 Å². The van der Waals surface area contributed by atoms with Gasteiger partial charge in [-0.1, -0.05) is 0 Å². The summed E-state index contributed by atoms with van der Waals surface area (Å²) in [4.78, 5) is 8.38. The van der Waals surface area contributed by atoms with Crippen molar-refractivity contribution >= 4 is 40.3 Å². The molecule has 1 unspecified atom stereocenters. The standard InChI is InChI=1S/C9H14IN3S/c1-7(3-4-14-2)13-9-11-5-8(10)6-12-9/h5-7H,3-4H2,1-2H3,(H,11,12,13). The molecular weight excluding hydrogens is 309 g/mol. The Labute approximate surface area is 103 Å². The minimum atomic E-state index is 0.433. The molecule has 1 heterocycles. The first-order valence-corrected chi connectivity index (χ1v) is 6.92. The normalized spacial score (nSPS) is 12.5. The Morgan fingerprint density at radius 3 is 2.71 bits per heavy atom. The Kier molecular flexibility index (Phi) is 5.54. The molecule has 0 bridgehead atoms. The number of nitrogens with zero attached hydrogens (tertiary/aromatic N) is 2. The van der Waals surface area contributed by atoms with Gasteiger partial charge in [-0.25, -0.2) is 9.97 Å². The number of halogens is 1. The first-order chi connectivity index (χ1) is 6.72. The van der Waals surface area contributed by atoms with Crippen LogP contribution in [0.25, 0.3) is 0 Å². The average Bonchev–Trinajstić information content (AvgIpc) is 2.18. The summed E-state index contributed by atoms with van der Waals surface area (Å²) in [6, 6.07) is 0.433. The predicted molar refractivity (Wildman–Crippen MR) is 70.8 cm³/mol. The second-order valence-electron chi connectivity index (χ2n) is 3.05. The van der Waals surface area contributed by atoms with E-state index in [-0.39, 0.29) is 0 Å². The summed E-state index contributed by atoms with van der Waals surface area (Å²) in [7, 11) is 0. The zero-order chi connectivity index (χ0) is 10.4. The van der Waals surface area contributed by atoms with Crippen LogP contribution in [0.15, 0.2) is 12.4 Å². The van der Waals surface area contributed by atoms with Crippen molar-refractivity contribution in [3.8, 4) is 0 Å². The smallest absolute Gasteiger partial charge is 0.222 e. The van der Waals surface area contributed by atoms with E-state index >= 15 is 0 Å². The van der Waals surface area contributed by atoms with E-state index < -0.39 is 0 Å². The number of aromatic nitrogens is 2. The summed E-state index contributed by atoms with van der Waals surface area (Å²) in [5, 5.41) is 3.26. The molecule has 5 heteroatoms. The van der Waals surface area contributed by atoms with Gasteiger partial charge in [0.2, 0.25) is 5.95 Å². The fourth-order valence-corrected chi connectivity index (χ4v) is 1.84. The van der Waals surface area contributed by atoms with Crippen LogP contribution in [0.1, 0.15) is 13.3 Å². The molecule has 0 radical (unpaired) electrons. The van der Waals surface area contributed by atoms with Crippen molar-refractivity contribution in [1.82, 2.24) is 9.97 Å². The van der Waals surface area contributed by atoms with E-state index in [0.29, 0.717) is 6.04 Å². The lowest BCUT2D eigenvalue weighted by Crippen LogP contribution is -2.17. The maximum absolute atomic E-state index is 4.19. The summed E-state index contributed by atoms with van der Waals surface area (Å²) >= 11 is 4.06. The van der Waals surface area contributed by atoms with Gasteiger partial charge in [0.05, 0.1) is 0 Å². The van der Waals surface area contributed by atoms with Crippen molar-refractivity contribution in [3.63, 3.8) is 0 Å². The third kappa shape index (κ3) is 4.45. The zero-order valence-corrected chi connectivity index (χ0v) is 11.3. The largest absolute Gasteiger partial charge is 0.352 e. The molecule has 3 nitrogen and oxygen atoms in total. The Morgan fingerprint density at radius 2 is 2.14 bits per heavy atom. The van der Waals surface area contributed by atoms with Crippen molar-refractivity contribution < 1.29 is 0 Å². The number of thioether (sulfide) groups is 1. The van der Waals surface area contributed by atoms with Crippen molar-refractivity contribution in [3.05, 3.63) is 16.0 Å². The van der Waals surface area contributed by atoms with Gasteiger partial charge in [-0.3, -0.25) is 0 Å². The molecule has 0 saturated carbocycles. The van der Waals surface area contributed by atoms with Crippen LogP contribution in [0.4, 0.5) is 5.95 Å². The highest BCUT2D eigenvalue weighted by atomic mass is 127. The van der Waals surface area contributed by atoms with Gasteiger partial charge in [0, 0.05) is 22.0 Å². The van der Waals surface area contributed by atoms with E-state index in [0.717, 1.165) is 15.9 Å². The lowest BCUT2D eigenvalue weighted by atomic mass is 10.3. The first kappa shape index (κ1) is 12.0. The van der Waals surface area contributed by atoms with Crippen LogP contribution in [0, 0.1) is 3.57 Å². The summed E-state index contributed by atoms with van der Waals surface area (Å²) in [6.07, 6.45) is 6.89. The molecule has 1 atom stereocenters. The van der Waals surface area contributed by atoms with Crippen LogP contribution in [-0.4, -0.2) is 28.0 Å². The molecule has 0 aliphatic rings. The van der Waals surface area contributed by atoms with Crippen LogP contribution in [0.5, 0.6) is 0 Å². The Hall–Kier alpha value is -0.0400. The first-order valence-electron chi connectivity index (χ1n) is 4.45. The molecule has 1 rings (SSSR count). The maximum Gasteiger partial charge on any atom is 0.222 e. The molecule has 0 saturated heterocycles. The lowest BCUT2D eigenvalue weighted by molar-refractivity contribution is 0.760. The number of hydrogen-bond donors (Lipinski definition) is 1. The molecule has 0 aliphatic heterocycles. The molecule has 14 heavy (non-hydrogen) atoms. The second-order valence-corrected chi connectivity index (χ2v) is 5.28. The monoisotopic (exact) mass is 323 g/mol. The van der Waals surface area contributed by atoms with Crippen molar-refractivity contribution in [1.29, 1.82) is 0 Å². The third-order valence-electron chi connectivity index (χ3n) is 1.75. The third-order valence-corrected chi connectivity index (χ3v) is 2.95. The fraction of sp³-hybridized carbons (Fsp3) is 0.556. The molecular formula is C9H14IN3S. The molecule has 0 aliphatic carbocycles. The number of anilines is 1. The van der Waals surface area contributed by atoms with E-state index in [9.17, 15) is 0 Å². The van der Waals surface area contributed by atoms with Crippen molar-refractivity contribution in [2.75, 3.05) is 17.3 Å². The fourth-order valence-electron chi connectivity index (χ4n) is 0.974. The highest BCUT2D eigenvalue weighted by molar-refractivity contribution is 14.1. The van der Waals surface area contributed by atoms with Crippen molar-refractivity contribution in [2.24, 2.45) is 0 Å². The zero-order valence-electron chi connectivity index (χ0n) is 8.33. The van der Waals surface area contributed by atoms with Gasteiger partial charge in [0.25, 0.3) is 0 Å². The van der Waals surface area contributed by atoms with Gasteiger partial charge in [-0.15, -0.1) is 0 Å². The van der Waals surface area contributed by atoms with Crippen LogP contribution in [0.2, 0.25) is 0 Å². The minimum absolute atomic E-state index is 0.433. The van der Waals surface area contributed by atoms with Gasteiger partial charge in [0.15, 0.2) is 0 Å². The van der Waals surface area contributed by atoms with Gasteiger partial charge in [-0.05, 0) is 47.9 Å². The van der Waals surface area contributed by atoms with Crippen LogP contribution < -0.4 is 5.32 Å². The van der Waals surface area contributed by atoms with Gasteiger partial charge < -0.3 is 5.32 Å². The maximum atomic E-state index is 4.19. The number of hydrogen-bond acceptors (Lipinski definition) is 4. The summed E-state index contributed by atoms with van der Waals surface area (Å²) in [5.74, 6) is 1.89. The SMILES string of the molecule is CSCCC(C)Nc1ncc(I)cn1. The minimum Gasteiger partial charge on any atom is -0.352 e. The second kappa shape index (κ2) is 6.44. The van der Waals surface area contributed by atoms with E-state index in [1.165, 1.54) is 5.75 Å². The Bertz CT molecular complexity index is 265. The van der Waals surface area contributed by atoms with E-state index in [4.69, 9.17) is 0 Å². The van der Waals surface area contributed by atoms with Crippen LogP contribution in [0.3, 0.4) is 0 Å².